The van der Waals surface area contributed by atoms with Crippen LogP contribution in [0.2, 0.25) is 0 Å². The molecule has 1 atom stereocenters. The zero-order valence-electron chi connectivity index (χ0n) is 14.6. The van der Waals surface area contributed by atoms with Gasteiger partial charge in [-0.3, -0.25) is 14.5 Å². The molecule has 5 nitrogen and oxygen atoms in total. The molecule has 8 heteroatoms. The van der Waals surface area contributed by atoms with E-state index >= 15 is 0 Å². The molecule has 27 heavy (non-hydrogen) atoms. The van der Waals surface area contributed by atoms with E-state index in [4.69, 9.17) is 9.47 Å². The summed E-state index contributed by atoms with van der Waals surface area (Å²) in [6, 6.07) is 7.12. The van der Waals surface area contributed by atoms with Crippen LogP contribution in [0.15, 0.2) is 44.9 Å². The van der Waals surface area contributed by atoms with Crippen LogP contribution < -0.4 is 4.74 Å². The number of hydrogen-bond acceptors (Lipinski definition) is 7. The predicted molar refractivity (Wildman–Crippen MR) is 111 cm³/mol. The molecule has 1 fully saturated rings. The quantitative estimate of drug-likeness (QED) is 0.542. The van der Waals surface area contributed by atoms with Crippen molar-refractivity contribution in [2.24, 2.45) is 0 Å². The van der Waals surface area contributed by atoms with Crippen molar-refractivity contribution in [3.05, 3.63) is 50.5 Å². The molecular weight excluding hydrogens is 406 g/mol. The number of fused-ring (bicyclic) bond motifs is 1. The number of rotatable bonds is 3. The van der Waals surface area contributed by atoms with E-state index in [9.17, 15) is 9.59 Å². The monoisotopic (exact) mass is 425 g/mol. The number of hydrogen-bond donors (Lipinski definition) is 0. The van der Waals surface area contributed by atoms with E-state index < -0.39 is 6.10 Å². The molecular formula is C19H20ClNO4S2. The summed E-state index contributed by atoms with van der Waals surface area (Å²) in [4.78, 5) is 28.5. The number of carbonyl (C=O) groups excluding carboxylic acids is 2. The first-order valence-corrected chi connectivity index (χ1v) is 10.4. The van der Waals surface area contributed by atoms with E-state index in [-0.39, 0.29) is 29.5 Å². The average molecular weight is 426 g/mol. The summed E-state index contributed by atoms with van der Waals surface area (Å²) in [5, 5.41) is 3.79. The summed E-state index contributed by atoms with van der Waals surface area (Å²) in [7, 11) is 0. The molecule has 0 spiro atoms. The Morgan fingerprint density at radius 3 is 2.52 bits per heavy atom. The molecule has 144 valence electrons. The second kappa shape index (κ2) is 9.30. The first-order chi connectivity index (χ1) is 12.7. The van der Waals surface area contributed by atoms with Gasteiger partial charge in [0.15, 0.2) is 6.10 Å². The average Bonchev–Trinajstić information content (AvgIpc) is 3.17. The van der Waals surface area contributed by atoms with Crippen molar-refractivity contribution in [1.82, 2.24) is 4.90 Å². The minimum absolute atomic E-state index is 0. The zero-order valence-corrected chi connectivity index (χ0v) is 17.0. The van der Waals surface area contributed by atoms with E-state index in [0.29, 0.717) is 17.7 Å². The Labute approximate surface area is 172 Å². The molecule has 0 radical (unpaired) electrons. The third-order valence-electron chi connectivity index (χ3n) is 4.59. The normalized spacial score (nSPS) is 22.9. The summed E-state index contributed by atoms with van der Waals surface area (Å²) >= 11 is 2.85. The van der Waals surface area contributed by atoms with Crippen molar-refractivity contribution in [1.29, 1.82) is 0 Å². The highest BCUT2D eigenvalue weighted by Crippen LogP contribution is 2.43. The second-order valence-corrected chi connectivity index (χ2v) is 8.30. The Morgan fingerprint density at radius 2 is 1.78 bits per heavy atom. The molecule has 4 rings (SSSR count). The number of morpholine rings is 1. The van der Waals surface area contributed by atoms with E-state index in [0.717, 1.165) is 37.1 Å². The third kappa shape index (κ3) is 4.43. The molecule has 1 aromatic carbocycles. The molecule has 1 aromatic rings. The van der Waals surface area contributed by atoms with Gasteiger partial charge in [0.1, 0.15) is 5.75 Å². The van der Waals surface area contributed by atoms with Crippen LogP contribution in [0.5, 0.6) is 5.75 Å². The van der Waals surface area contributed by atoms with E-state index in [1.54, 1.807) is 18.2 Å². The van der Waals surface area contributed by atoms with Gasteiger partial charge < -0.3 is 9.47 Å². The topological polar surface area (TPSA) is 55.8 Å². The lowest BCUT2D eigenvalue weighted by atomic mass is 9.98. The highest BCUT2D eigenvalue weighted by molar-refractivity contribution is 8.27. The Morgan fingerprint density at radius 1 is 1.07 bits per heavy atom. The number of para-hydroxylation sites is 1. The van der Waals surface area contributed by atoms with Crippen LogP contribution in [-0.4, -0.2) is 55.4 Å². The van der Waals surface area contributed by atoms with Gasteiger partial charge in [-0.2, -0.15) is 0 Å². The Bertz CT molecular complexity index is 780. The number of benzene rings is 1. The van der Waals surface area contributed by atoms with E-state index in [1.165, 1.54) is 23.5 Å². The van der Waals surface area contributed by atoms with Crippen molar-refractivity contribution in [3.63, 3.8) is 0 Å². The Balaban J connectivity index is 0.00000210. The SMILES string of the molecule is Cl.O=C1C(=C2SC=CS2)C(=O)C(CCN2CCOCC2)Oc2ccccc21. The van der Waals surface area contributed by atoms with Crippen LogP contribution in [0.25, 0.3) is 0 Å². The summed E-state index contributed by atoms with van der Waals surface area (Å²) in [5.74, 6) is 0.0470. The van der Waals surface area contributed by atoms with Crippen molar-refractivity contribution >= 4 is 47.5 Å². The lowest BCUT2D eigenvalue weighted by Gasteiger charge is -2.28. The summed E-state index contributed by atoms with van der Waals surface area (Å²) < 4.78 is 12.1. The number of ether oxygens (including phenoxy) is 2. The molecule has 0 bridgehead atoms. The van der Waals surface area contributed by atoms with Crippen LogP contribution >= 0.6 is 35.9 Å². The second-order valence-electron chi connectivity index (χ2n) is 6.21. The van der Waals surface area contributed by atoms with Crippen LogP contribution in [0.4, 0.5) is 0 Å². The van der Waals surface area contributed by atoms with Crippen LogP contribution in [-0.2, 0) is 9.53 Å². The summed E-state index contributed by atoms with van der Waals surface area (Å²) in [6.45, 7) is 3.90. The van der Waals surface area contributed by atoms with Gasteiger partial charge >= 0.3 is 0 Å². The number of carbonyl (C=O) groups is 2. The number of nitrogens with zero attached hydrogens (tertiary/aromatic N) is 1. The lowest BCUT2D eigenvalue weighted by molar-refractivity contribution is -0.122. The molecule has 1 unspecified atom stereocenters. The molecule has 0 aliphatic carbocycles. The first-order valence-electron chi connectivity index (χ1n) is 8.61. The van der Waals surface area contributed by atoms with Crippen LogP contribution in [0, 0.1) is 0 Å². The first kappa shape index (κ1) is 20.5. The predicted octanol–water partition coefficient (Wildman–Crippen LogP) is 3.51. The van der Waals surface area contributed by atoms with Crippen LogP contribution in [0.3, 0.4) is 0 Å². The minimum atomic E-state index is -0.644. The largest absolute Gasteiger partial charge is 0.481 e. The maximum absolute atomic E-state index is 13.2. The molecule has 3 aliphatic heterocycles. The highest BCUT2D eigenvalue weighted by Gasteiger charge is 2.37. The molecule has 3 heterocycles. The molecule has 0 amide bonds. The Kier molecular flexibility index (Phi) is 7.05. The standard InChI is InChI=1S/C19H19NO4S2.ClH/c21-17-13-3-1-2-4-14(13)24-15(5-6-20-7-9-23-10-8-20)18(22)16(17)19-25-11-12-26-19;/h1-4,11-12,15H,5-10H2;1H. The van der Waals surface area contributed by atoms with Gasteiger partial charge in [0, 0.05) is 26.1 Å². The van der Waals surface area contributed by atoms with E-state index in [1.807, 2.05) is 16.9 Å². The van der Waals surface area contributed by atoms with Gasteiger partial charge in [0.25, 0.3) is 0 Å². The molecule has 0 saturated carbocycles. The smallest absolute Gasteiger partial charge is 0.208 e. The maximum atomic E-state index is 13.2. The molecule has 1 saturated heterocycles. The fourth-order valence-corrected chi connectivity index (χ4v) is 5.07. The minimum Gasteiger partial charge on any atom is -0.481 e. The molecule has 0 aromatic heterocycles. The summed E-state index contributed by atoms with van der Waals surface area (Å²) in [6.07, 6.45) is -0.0882. The van der Waals surface area contributed by atoms with Crippen LogP contribution in [0.1, 0.15) is 16.8 Å². The van der Waals surface area contributed by atoms with E-state index in [2.05, 4.69) is 4.90 Å². The highest BCUT2D eigenvalue weighted by atomic mass is 35.5. The van der Waals surface area contributed by atoms with Gasteiger partial charge in [-0.1, -0.05) is 35.7 Å². The molecule has 0 N–H and O–H groups in total. The lowest BCUT2D eigenvalue weighted by Crippen LogP contribution is -2.40. The number of halogens is 1. The summed E-state index contributed by atoms with van der Waals surface area (Å²) in [5.41, 5.74) is 0.729. The number of thioether (sulfide) groups is 2. The maximum Gasteiger partial charge on any atom is 0.208 e. The van der Waals surface area contributed by atoms with Crippen molar-refractivity contribution < 1.29 is 19.1 Å². The van der Waals surface area contributed by atoms with Crippen molar-refractivity contribution in [2.45, 2.75) is 12.5 Å². The fraction of sp³-hybridized carbons (Fsp3) is 0.368. The van der Waals surface area contributed by atoms with Gasteiger partial charge in [-0.15, -0.1) is 12.4 Å². The van der Waals surface area contributed by atoms with Gasteiger partial charge in [-0.25, -0.2) is 0 Å². The van der Waals surface area contributed by atoms with Crippen molar-refractivity contribution in [2.75, 3.05) is 32.8 Å². The number of Topliss-reactive ketones (excluding diaryl/α,β-unsaturated/α-hetero) is 2. The number of ketones is 2. The molecule has 3 aliphatic rings. The van der Waals surface area contributed by atoms with Gasteiger partial charge in [0.05, 0.1) is 28.6 Å². The Hall–Kier alpha value is -1.25. The third-order valence-corrected chi connectivity index (χ3v) is 6.72. The van der Waals surface area contributed by atoms with Gasteiger partial charge in [-0.05, 0) is 22.9 Å². The van der Waals surface area contributed by atoms with Crippen molar-refractivity contribution in [3.8, 4) is 5.75 Å². The zero-order chi connectivity index (χ0) is 17.9. The van der Waals surface area contributed by atoms with Gasteiger partial charge in [0.2, 0.25) is 11.6 Å². The fourth-order valence-electron chi connectivity index (χ4n) is 3.20.